The highest BCUT2D eigenvalue weighted by molar-refractivity contribution is 7.89. The van der Waals surface area contributed by atoms with E-state index in [1.54, 1.807) is 19.9 Å². The summed E-state index contributed by atoms with van der Waals surface area (Å²) in [6.07, 6.45) is -0.476. The molecule has 2 rings (SSSR count). The number of hydroxylamine groups is 1. The third kappa shape index (κ3) is 1.91. The number of hydrogen-bond donors (Lipinski definition) is 1. The van der Waals surface area contributed by atoms with Crippen LogP contribution in [-0.4, -0.2) is 26.2 Å². The average Bonchev–Trinajstić information content (AvgIpc) is 2.21. The van der Waals surface area contributed by atoms with Gasteiger partial charge in [0.2, 0.25) is 0 Å². The van der Waals surface area contributed by atoms with Crippen LogP contribution in [0, 0.1) is 6.92 Å². The highest BCUT2D eigenvalue weighted by atomic mass is 35.5. The maximum absolute atomic E-state index is 12.2. The third-order valence-corrected chi connectivity index (χ3v) is 4.88. The van der Waals surface area contributed by atoms with Crippen LogP contribution in [0.15, 0.2) is 17.0 Å². The Morgan fingerprint density at radius 1 is 1.47 bits per heavy atom. The van der Waals surface area contributed by atoms with Crippen molar-refractivity contribution >= 4 is 27.3 Å². The van der Waals surface area contributed by atoms with E-state index >= 15 is 0 Å². The molecule has 0 saturated carbocycles. The minimum Gasteiger partial charge on any atom is -0.366 e. The van der Waals surface area contributed by atoms with Crippen LogP contribution in [0.1, 0.15) is 12.5 Å². The van der Waals surface area contributed by atoms with Gasteiger partial charge in [-0.05, 0) is 31.5 Å². The standard InChI is InChI=1S/C10H13ClN2O3S/c1-6-4-10-9(5-8(6)11)12-7(2)13(16-3)17(10,14)15/h4-5,7,12H,1-3H3. The van der Waals surface area contributed by atoms with Crippen molar-refractivity contribution < 1.29 is 13.3 Å². The van der Waals surface area contributed by atoms with Crippen molar-refractivity contribution in [1.82, 2.24) is 4.47 Å². The van der Waals surface area contributed by atoms with Gasteiger partial charge in [0.25, 0.3) is 10.0 Å². The monoisotopic (exact) mass is 276 g/mol. The van der Waals surface area contributed by atoms with Gasteiger partial charge in [-0.3, -0.25) is 4.84 Å². The van der Waals surface area contributed by atoms with Gasteiger partial charge in [-0.1, -0.05) is 16.1 Å². The van der Waals surface area contributed by atoms with Gasteiger partial charge in [-0.15, -0.1) is 0 Å². The summed E-state index contributed by atoms with van der Waals surface area (Å²) in [5.41, 5.74) is 1.21. The molecule has 1 heterocycles. The minimum atomic E-state index is -3.63. The second-order valence-electron chi connectivity index (χ2n) is 3.86. The van der Waals surface area contributed by atoms with Crippen molar-refractivity contribution in [2.45, 2.75) is 24.9 Å². The minimum absolute atomic E-state index is 0.180. The molecule has 5 nitrogen and oxygen atoms in total. The summed E-state index contributed by atoms with van der Waals surface area (Å²) in [6, 6.07) is 3.16. The van der Waals surface area contributed by atoms with E-state index in [0.717, 1.165) is 4.47 Å². The summed E-state index contributed by atoms with van der Waals surface area (Å²) in [6.45, 7) is 3.45. The molecule has 0 aliphatic carbocycles. The highest BCUT2D eigenvalue weighted by Crippen LogP contribution is 2.35. The van der Waals surface area contributed by atoms with Gasteiger partial charge in [0.1, 0.15) is 11.1 Å². The van der Waals surface area contributed by atoms with E-state index < -0.39 is 16.2 Å². The molecule has 1 atom stereocenters. The van der Waals surface area contributed by atoms with Crippen LogP contribution in [0.5, 0.6) is 0 Å². The van der Waals surface area contributed by atoms with Gasteiger partial charge in [0, 0.05) is 5.02 Å². The van der Waals surface area contributed by atoms with Crippen LogP contribution in [0.2, 0.25) is 5.02 Å². The number of anilines is 1. The van der Waals surface area contributed by atoms with Gasteiger partial charge in [-0.25, -0.2) is 8.42 Å². The zero-order valence-electron chi connectivity index (χ0n) is 9.69. The fraction of sp³-hybridized carbons (Fsp3) is 0.400. The number of hydrogen-bond acceptors (Lipinski definition) is 4. The molecule has 1 aromatic rings. The SMILES string of the molecule is CON1C(C)Nc2cc(Cl)c(C)cc2S1(=O)=O. The van der Waals surface area contributed by atoms with Gasteiger partial charge < -0.3 is 5.32 Å². The molecular weight excluding hydrogens is 264 g/mol. The molecule has 0 radical (unpaired) electrons. The van der Waals surface area contributed by atoms with Crippen LogP contribution < -0.4 is 5.32 Å². The molecule has 1 aliphatic rings. The Hall–Kier alpha value is -0.820. The topological polar surface area (TPSA) is 58.6 Å². The summed E-state index contributed by atoms with van der Waals surface area (Å²) in [7, 11) is -2.31. The number of aryl methyl sites for hydroxylation is 1. The van der Waals surface area contributed by atoms with Crippen molar-refractivity contribution in [3.63, 3.8) is 0 Å². The molecule has 94 valence electrons. The van der Waals surface area contributed by atoms with Crippen molar-refractivity contribution in [1.29, 1.82) is 0 Å². The molecule has 0 amide bonds. The lowest BCUT2D eigenvalue weighted by Gasteiger charge is -2.33. The molecule has 1 N–H and O–H groups in total. The molecule has 1 aromatic carbocycles. The summed E-state index contributed by atoms with van der Waals surface area (Å²) < 4.78 is 25.4. The second-order valence-corrected chi connectivity index (χ2v) is 6.02. The first-order valence-corrected chi connectivity index (χ1v) is 6.85. The van der Waals surface area contributed by atoms with Crippen LogP contribution in [-0.2, 0) is 14.9 Å². The zero-order chi connectivity index (χ0) is 12.8. The van der Waals surface area contributed by atoms with E-state index in [2.05, 4.69) is 5.32 Å². The van der Waals surface area contributed by atoms with Gasteiger partial charge in [0.05, 0.1) is 12.8 Å². The van der Waals surface area contributed by atoms with Gasteiger partial charge >= 0.3 is 0 Å². The van der Waals surface area contributed by atoms with Crippen LogP contribution in [0.25, 0.3) is 0 Å². The smallest absolute Gasteiger partial charge is 0.269 e. The second kappa shape index (κ2) is 4.13. The molecule has 1 aliphatic heterocycles. The maximum Gasteiger partial charge on any atom is 0.269 e. The summed E-state index contributed by atoms with van der Waals surface area (Å²) in [5, 5.41) is 3.55. The Bertz CT molecular complexity index is 559. The predicted molar refractivity (Wildman–Crippen MR) is 65.3 cm³/mol. The van der Waals surface area contributed by atoms with Gasteiger partial charge in [-0.2, -0.15) is 0 Å². The molecule has 1 unspecified atom stereocenters. The lowest BCUT2D eigenvalue weighted by Crippen LogP contribution is -2.46. The first kappa shape index (κ1) is 12.6. The fourth-order valence-corrected chi connectivity index (χ4v) is 3.56. The number of rotatable bonds is 1. The van der Waals surface area contributed by atoms with E-state index in [9.17, 15) is 8.42 Å². The van der Waals surface area contributed by atoms with Crippen LogP contribution >= 0.6 is 11.6 Å². The fourth-order valence-electron chi connectivity index (χ4n) is 1.82. The van der Waals surface area contributed by atoms with Crippen molar-refractivity contribution in [2.75, 3.05) is 12.4 Å². The van der Waals surface area contributed by atoms with E-state index in [-0.39, 0.29) is 4.90 Å². The average molecular weight is 277 g/mol. The Morgan fingerprint density at radius 3 is 2.71 bits per heavy atom. The normalized spacial score (nSPS) is 22.9. The molecule has 7 heteroatoms. The summed E-state index contributed by atoms with van der Waals surface area (Å²) in [4.78, 5) is 5.08. The van der Waals surface area contributed by atoms with Gasteiger partial charge in [0.15, 0.2) is 0 Å². The molecule has 0 saturated heterocycles. The Morgan fingerprint density at radius 2 is 2.12 bits per heavy atom. The Balaban J connectivity index is 2.67. The van der Waals surface area contributed by atoms with Crippen molar-refractivity contribution in [3.8, 4) is 0 Å². The first-order chi connectivity index (χ1) is 7.87. The van der Waals surface area contributed by atoms with E-state index in [1.165, 1.54) is 13.2 Å². The predicted octanol–water partition coefficient (Wildman–Crippen LogP) is 1.97. The molecule has 0 bridgehead atoms. The van der Waals surface area contributed by atoms with E-state index in [1.807, 2.05) is 0 Å². The third-order valence-electron chi connectivity index (χ3n) is 2.64. The number of fused-ring (bicyclic) bond motifs is 1. The largest absolute Gasteiger partial charge is 0.366 e. The highest BCUT2D eigenvalue weighted by Gasteiger charge is 2.37. The number of sulfonamides is 1. The summed E-state index contributed by atoms with van der Waals surface area (Å²) >= 11 is 5.98. The molecular formula is C10H13ClN2O3S. The number of benzene rings is 1. The van der Waals surface area contributed by atoms with Crippen molar-refractivity contribution in [2.24, 2.45) is 0 Å². The van der Waals surface area contributed by atoms with Crippen LogP contribution in [0.4, 0.5) is 5.69 Å². The molecule has 0 aromatic heterocycles. The van der Waals surface area contributed by atoms with E-state index in [0.29, 0.717) is 16.3 Å². The molecule has 0 fully saturated rings. The number of nitrogens with zero attached hydrogens (tertiary/aromatic N) is 1. The lowest BCUT2D eigenvalue weighted by molar-refractivity contribution is -0.0703. The first-order valence-electron chi connectivity index (χ1n) is 5.03. The number of halogens is 1. The maximum atomic E-state index is 12.2. The van der Waals surface area contributed by atoms with Crippen molar-refractivity contribution in [3.05, 3.63) is 22.7 Å². The zero-order valence-corrected chi connectivity index (χ0v) is 11.3. The Labute approximate surface area is 105 Å². The molecule has 0 spiro atoms. The lowest BCUT2D eigenvalue weighted by atomic mass is 10.2. The van der Waals surface area contributed by atoms with E-state index in [4.69, 9.17) is 16.4 Å². The number of nitrogens with one attached hydrogen (secondary N) is 1. The Kier molecular flexibility index (Phi) is 3.07. The summed E-state index contributed by atoms with van der Waals surface area (Å²) in [5.74, 6) is 0. The van der Waals surface area contributed by atoms with Crippen LogP contribution in [0.3, 0.4) is 0 Å². The quantitative estimate of drug-likeness (QED) is 0.852. The molecule has 17 heavy (non-hydrogen) atoms.